The van der Waals surface area contributed by atoms with E-state index in [1.165, 1.54) is 0 Å². The summed E-state index contributed by atoms with van der Waals surface area (Å²) in [5.41, 5.74) is 4.20. The molecule has 0 aliphatic carbocycles. The van der Waals surface area contributed by atoms with Crippen LogP contribution in [-0.2, 0) is 17.8 Å². The molecule has 0 saturated carbocycles. The van der Waals surface area contributed by atoms with Gasteiger partial charge in [-0.1, -0.05) is 31.2 Å². The number of hydrogen-bond donors (Lipinski definition) is 3. The van der Waals surface area contributed by atoms with Crippen molar-refractivity contribution in [2.45, 2.75) is 19.9 Å². The van der Waals surface area contributed by atoms with Crippen LogP contribution in [-0.4, -0.2) is 35.6 Å². The highest BCUT2D eigenvalue weighted by Gasteiger charge is 2.09. The van der Waals surface area contributed by atoms with E-state index in [1.807, 2.05) is 31.2 Å². The molecule has 5 heteroatoms. The zero-order valence-corrected chi connectivity index (χ0v) is 10.7. The predicted octanol–water partition coefficient (Wildman–Crippen LogP) is 0.0332. The molecule has 0 unspecified atom stereocenters. The molecule has 4 N–H and O–H groups in total. The van der Waals surface area contributed by atoms with Gasteiger partial charge in [0.2, 0.25) is 5.91 Å². The number of likely N-dealkylation sites (N-methyl/N-ethyl adjacent to an activating group) is 1. The maximum absolute atomic E-state index is 11.3. The molecule has 100 valence electrons. The van der Waals surface area contributed by atoms with Gasteiger partial charge in [-0.3, -0.25) is 15.1 Å². The van der Waals surface area contributed by atoms with E-state index in [1.54, 1.807) is 0 Å². The molecule has 1 rings (SSSR count). The zero-order valence-electron chi connectivity index (χ0n) is 10.7. The summed E-state index contributed by atoms with van der Waals surface area (Å²) in [6.07, 6.45) is 0.281. The van der Waals surface area contributed by atoms with Gasteiger partial charge in [-0.15, -0.1) is 0 Å². The Labute approximate surface area is 108 Å². The van der Waals surface area contributed by atoms with Gasteiger partial charge in [0.05, 0.1) is 13.0 Å². The summed E-state index contributed by atoms with van der Waals surface area (Å²) in [7, 11) is 0. The summed E-state index contributed by atoms with van der Waals surface area (Å²) in [6, 6.07) is 7.79. The third-order valence-electron chi connectivity index (χ3n) is 2.89. The first-order valence-corrected chi connectivity index (χ1v) is 6.10. The largest absolute Gasteiger partial charge is 0.395 e. The van der Waals surface area contributed by atoms with Crippen LogP contribution in [0.4, 0.5) is 0 Å². The number of nitrogens with zero attached hydrogens (tertiary/aromatic N) is 1. The lowest BCUT2D eigenvalue weighted by Gasteiger charge is -2.20. The van der Waals surface area contributed by atoms with E-state index in [0.29, 0.717) is 6.54 Å². The second-order valence-electron chi connectivity index (χ2n) is 4.11. The van der Waals surface area contributed by atoms with Gasteiger partial charge in [-0.05, 0) is 17.7 Å². The SMILES string of the molecule is CCN(CCO)Cc1ccccc1CC(=O)NN. The molecule has 1 aromatic rings. The van der Waals surface area contributed by atoms with Crippen molar-refractivity contribution >= 4 is 5.91 Å². The van der Waals surface area contributed by atoms with Gasteiger partial charge < -0.3 is 5.11 Å². The molecule has 1 aromatic carbocycles. The van der Waals surface area contributed by atoms with Crippen molar-refractivity contribution in [2.75, 3.05) is 19.7 Å². The summed E-state index contributed by atoms with van der Waals surface area (Å²) in [5.74, 6) is 4.90. The highest BCUT2D eigenvalue weighted by molar-refractivity contribution is 5.78. The van der Waals surface area contributed by atoms with Crippen LogP contribution in [0, 0.1) is 0 Å². The topological polar surface area (TPSA) is 78.6 Å². The van der Waals surface area contributed by atoms with Gasteiger partial charge in [0.25, 0.3) is 0 Å². The van der Waals surface area contributed by atoms with Crippen molar-refractivity contribution in [3.8, 4) is 0 Å². The molecule has 0 heterocycles. The molecule has 0 aliphatic heterocycles. The van der Waals surface area contributed by atoms with Gasteiger partial charge in [-0.2, -0.15) is 0 Å². The summed E-state index contributed by atoms with van der Waals surface area (Å²) < 4.78 is 0. The average molecular weight is 251 g/mol. The average Bonchev–Trinajstić information content (AvgIpc) is 2.40. The van der Waals surface area contributed by atoms with E-state index < -0.39 is 0 Å². The number of aliphatic hydroxyl groups is 1. The van der Waals surface area contributed by atoms with Crippen molar-refractivity contribution in [3.05, 3.63) is 35.4 Å². The fourth-order valence-electron chi connectivity index (χ4n) is 1.84. The summed E-state index contributed by atoms with van der Waals surface area (Å²) in [4.78, 5) is 13.4. The summed E-state index contributed by atoms with van der Waals surface area (Å²) in [6.45, 7) is 4.40. The van der Waals surface area contributed by atoms with Crippen LogP contribution in [0.5, 0.6) is 0 Å². The van der Waals surface area contributed by atoms with E-state index >= 15 is 0 Å². The van der Waals surface area contributed by atoms with Crippen molar-refractivity contribution in [2.24, 2.45) is 5.84 Å². The van der Waals surface area contributed by atoms with E-state index in [9.17, 15) is 4.79 Å². The standard InChI is InChI=1S/C13H21N3O2/c1-2-16(7-8-17)10-12-6-4-3-5-11(12)9-13(18)15-14/h3-6,17H,2,7-10,14H2,1H3,(H,15,18). The first-order chi connectivity index (χ1) is 8.71. The number of carbonyl (C=O) groups is 1. The number of nitrogens with one attached hydrogen (secondary N) is 1. The third-order valence-corrected chi connectivity index (χ3v) is 2.89. The molecule has 1 amide bonds. The maximum atomic E-state index is 11.3. The fraction of sp³-hybridized carbons (Fsp3) is 0.462. The van der Waals surface area contributed by atoms with Gasteiger partial charge in [0.15, 0.2) is 0 Å². The molecule has 5 nitrogen and oxygen atoms in total. The maximum Gasteiger partial charge on any atom is 0.238 e. The lowest BCUT2D eigenvalue weighted by atomic mass is 10.0. The van der Waals surface area contributed by atoms with Crippen molar-refractivity contribution in [3.63, 3.8) is 0 Å². The summed E-state index contributed by atoms with van der Waals surface area (Å²) in [5, 5.41) is 8.98. The van der Waals surface area contributed by atoms with Crippen LogP contribution in [0.3, 0.4) is 0 Å². The van der Waals surface area contributed by atoms with Gasteiger partial charge in [0.1, 0.15) is 0 Å². The number of hydrazine groups is 1. The number of rotatable bonds is 7. The van der Waals surface area contributed by atoms with Gasteiger partial charge in [-0.25, -0.2) is 5.84 Å². The number of amides is 1. The Bertz CT molecular complexity index is 382. The molecular formula is C13H21N3O2. The highest BCUT2D eigenvalue weighted by atomic mass is 16.3. The monoisotopic (exact) mass is 251 g/mol. The van der Waals surface area contributed by atoms with Crippen molar-refractivity contribution in [1.82, 2.24) is 10.3 Å². The van der Waals surface area contributed by atoms with E-state index in [-0.39, 0.29) is 18.9 Å². The second-order valence-corrected chi connectivity index (χ2v) is 4.11. The van der Waals surface area contributed by atoms with Crippen LogP contribution in [0.1, 0.15) is 18.1 Å². The normalized spacial score (nSPS) is 10.7. The molecule has 0 spiro atoms. The van der Waals surface area contributed by atoms with E-state index in [0.717, 1.165) is 24.2 Å². The summed E-state index contributed by atoms with van der Waals surface area (Å²) >= 11 is 0. The van der Waals surface area contributed by atoms with Crippen LogP contribution >= 0.6 is 0 Å². The van der Waals surface area contributed by atoms with Gasteiger partial charge in [0, 0.05) is 13.1 Å². The molecule has 0 radical (unpaired) electrons. The highest BCUT2D eigenvalue weighted by Crippen LogP contribution is 2.12. The van der Waals surface area contributed by atoms with Crippen molar-refractivity contribution in [1.29, 1.82) is 0 Å². The third kappa shape index (κ3) is 4.44. The minimum Gasteiger partial charge on any atom is -0.395 e. The number of nitrogens with two attached hydrogens (primary N) is 1. The number of aliphatic hydroxyl groups excluding tert-OH is 1. The van der Waals surface area contributed by atoms with E-state index in [2.05, 4.69) is 10.3 Å². The van der Waals surface area contributed by atoms with Crippen LogP contribution in [0.15, 0.2) is 24.3 Å². The Morgan fingerprint density at radius 3 is 2.61 bits per heavy atom. The molecule has 18 heavy (non-hydrogen) atoms. The van der Waals surface area contributed by atoms with Crippen LogP contribution in [0.2, 0.25) is 0 Å². The number of hydrogen-bond acceptors (Lipinski definition) is 4. The molecule has 0 saturated heterocycles. The molecule has 0 bridgehead atoms. The first kappa shape index (κ1) is 14.6. The Balaban J connectivity index is 2.77. The number of carbonyl (C=O) groups excluding carboxylic acids is 1. The lowest BCUT2D eigenvalue weighted by Crippen LogP contribution is -2.32. The molecule has 0 atom stereocenters. The van der Waals surface area contributed by atoms with E-state index in [4.69, 9.17) is 10.9 Å². The lowest BCUT2D eigenvalue weighted by molar-refractivity contribution is -0.120. The second kappa shape index (κ2) is 7.81. The smallest absolute Gasteiger partial charge is 0.238 e. The zero-order chi connectivity index (χ0) is 13.4. The number of benzene rings is 1. The molecular weight excluding hydrogens is 230 g/mol. The van der Waals surface area contributed by atoms with Gasteiger partial charge >= 0.3 is 0 Å². The predicted molar refractivity (Wildman–Crippen MR) is 70.5 cm³/mol. The minimum atomic E-state index is -0.201. The minimum absolute atomic E-state index is 0.138. The van der Waals surface area contributed by atoms with Crippen LogP contribution < -0.4 is 11.3 Å². The Kier molecular flexibility index (Phi) is 6.35. The molecule has 0 aliphatic rings. The Hall–Kier alpha value is -1.43. The quantitative estimate of drug-likeness (QED) is 0.363. The molecule has 0 aromatic heterocycles. The Morgan fingerprint density at radius 1 is 1.39 bits per heavy atom. The van der Waals surface area contributed by atoms with Crippen molar-refractivity contribution < 1.29 is 9.90 Å². The molecule has 0 fully saturated rings. The fourth-order valence-corrected chi connectivity index (χ4v) is 1.84. The Morgan fingerprint density at radius 2 is 2.06 bits per heavy atom. The first-order valence-electron chi connectivity index (χ1n) is 6.10. The van der Waals surface area contributed by atoms with Crippen LogP contribution in [0.25, 0.3) is 0 Å².